The predicted octanol–water partition coefficient (Wildman–Crippen LogP) is 3.04. The standard InChI is InChI=1S/C17H19ClN2O5S.C6H4O/c1-10(2)14(17(23)25-9-12-7-5-4-6-8-12)20-15(22)13(19-11(3)21)16(20)26(18)24;1-2-5-4-6(3-1)7-5/h4-8,13-14,16H,1,9H2,2-3H3,(H,19,21);1-4H. The van der Waals surface area contributed by atoms with E-state index < -0.39 is 45.3 Å². The summed E-state index contributed by atoms with van der Waals surface area (Å²) in [6.07, 6.45) is 0. The van der Waals surface area contributed by atoms with Crippen LogP contribution < -0.4 is 10.1 Å². The van der Waals surface area contributed by atoms with Gasteiger partial charge in [-0.15, -0.1) is 0 Å². The van der Waals surface area contributed by atoms with E-state index in [0.717, 1.165) is 22.0 Å². The number of carbonyl (C=O) groups is 3. The lowest BCUT2D eigenvalue weighted by Crippen LogP contribution is -2.74. The third kappa shape index (κ3) is 5.80. The molecule has 2 aromatic rings. The van der Waals surface area contributed by atoms with Crippen molar-refractivity contribution in [1.82, 2.24) is 10.2 Å². The van der Waals surface area contributed by atoms with E-state index >= 15 is 0 Å². The summed E-state index contributed by atoms with van der Waals surface area (Å²) < 4.78 is 22.1. The summed E-state index contributed by atoms with van der Waals surface area (Å²) in [4.78, 5) is 37.2. The van der Waals surface area contributed by atoms with Crippen molar-refractivity contribution < 1.29 is 28.1 Å². The Labute approximate surface area is 198 Å². The minimum Gasteiger partial charge on any atom is -0.459 e. The number of fused-ring (bicyclic) bond motifs is 2. The van der Waals surface area contributed by atoms with E-state index in [-0.39, 0.29) is 6.61 Å². The van der Waals surface area contributed by atoms with Gasteiger partial charge < -0.3 is 19.7 Å². The van der Waals surface area contributed by atoms with E-state index in [1.807, 2.05) is 42.5 Å². The monoisotopic (exact) mass is 490 g/mol. The lowest BCUT2D eigenvalue weighted by atomic mass is 9.99. The second-order valence-corrected chi connectivity index (χ2v) is 9.37. The average molecular weight is 491 g/mol. The number of likely N-dealkylation sites (tertiary alicyclic amines) is 1. The van der Waals surface area contributed by atoms with Crippen molar-refractivity contribution in [2.75, 3.05) is 0 Å². The molecule has 0 saturated carbocycles. The molecule has 0 aliphatic carbocycles. The summed E-state index contributed by atoms with van der Waals surface area (Å²) in [6, 6.07) is 14.7. The largest absolute Gasteiger partial charge is 0.459 e. The molecule has 1 N–H and O–H groups in total. The van der Waals surface area contributed by atoms with Gasteiger partial charge in [0.2, 0.25) is 11.8 Å². The molecular weight excluding hydrogens is 468 g/mol. The number of benzene rings is 2. The van der Waals surface area contributed by atoms with E-state index in [1.165, 1.54) is 6.92 Å². The summed E-state index contributed by atoms with van der Waals surface area (Å²) in [5.74, 6) is 0.232. The quantitative estimate of drug-likeness (QED) is 0.236. The molecule has 4 unspecified atom stereocenters. The third-order valence-electron chi connectivity index (χ3n) is 4.86. The highest BCUT2D eigenvalue weighted by Gasteiger charge is 2.56. The van der Waals surface area contributed by atoms with E-state index in [1.54, 1.807) is 19.1 Å². The Hall–Kier alpha value is -3.17. The van der Waals surface area contributed by atoms with Gasteiger partial charge in [0.05, 0.1) is 0 Å². The van der Waals surface area contributed by atoms with Gasteiger partial charge in [0.15, 0.2) is 11.4 Å². The Kier molecular flexibility index (Phi) is 7.88. The maximum absolute atomic E-state index is 12.5. The fourth-order valence-corrected chi connectivity index (χ4v) is 4.72. The van der Waals surface area contributed by atoms with Gasteiger partial charge in [-0.3, -0.25) is 9.59 Å². The van der Waals surface area contributed by atoms with Crippen molar-refractivity contribution in [3.8, 4) is 11.5 Å². The first-order chi connectivity index (χ1) is 15.7. The average Bonchev–Trinajstić information content (AvgIpc) is 2.76. The third-order valence-corrected chi connectivity index (χ3v) is 6.29. The zero-order valence-electron chi connectivity index (χ0n) is 18.0. The van der Waals surface area contributed by atoms with Crippen molar-refractivity contribution in [2.24, 2.45) is 0 Å². The van der Waals surface area contributed by atoms with Gasteiger partial charge in [-0.2, -0.15) is 0 Å². The molecule has 3 aliphatic rings. The van der Waals surface area contributed by atoms with Crippen LogP contribution in [0, 0.1) is 0 Å². The number of hydrogen-bond donors (Lipinski definition) is 1. The Balaban J connectivity index is 0.000000364. The smallest absolute Gasteiger partial charge is 0.333 e. The zero-order chi connectivity index (χ0) is 24.1. The molecule has 2 bridgehead atoms. The molecular formula is C23H23ClN2O6S. The molecule has 174 valence electrons. The Morgan fingerprint density at radius 2 is 1.79 bits per heavy atom. The number of β-lactam (4-membered cyclic amide) rings is 1. The van der Waals surface area contributed by atoms with Crippen LogP contribution in [0.1, 0.15) is 19.4 Å². The highest BCUT2D eigenvalue weighted by atomic mass is 35.7. The van der Waals surface area contributed by atoms with Crippen molar-refractivity contribution in [3.05, 3.63) is 72.3 Å². The fourth-order valence-electron chi connectivity index (χ4n) is 3.35. The van der Waals surface area contributed by atoms with Crippen LogP contribution >= 0.6 is 10.7 Å². The van der Waals surface area contributed by atoms with Crippen molar-refractivity contribution in [1.29, 1.82) is 0 Å². The maximum Gasteiger partial charge on any atom is 0.333 e. The molecule has 2 aromatic carbocycles. The number of carbonyl (C=O) groups excluding carboxylic acids is 3. The van der Waals surface area contributed by atoms with E-state index in [4.69, 9.17) is 20.2 Å². The van der Waals surface area contributed by atoms with Gasteiger partial charge in [-0.1, -0.05) is 43.0 Å². The van der Waals surface area contributed by atoms with Crippen LogP contribution in [-0.2, 0) is 35.7 Å². The SMILES string of the molecule is C=C(C)C(C(=O)OCc1ccccc1)N1C(=O)C(NC(C)=O)C1S(=O)Cl.c1cc2cc(c1)O2. The van der Waals surface area contributed by atoms with Crippen LogP contribution in [0.5, 0.6) is 11.5 Å². The lowest BCUT2D eigenvalue weighted by Gasteiger charge is -2.48. The lowest BCUT2D eigenvalue weighted by molar-refractivity contribution is -0.163. The van der Waals surface area contributed by atoms with E-state index in [2.05, 4.69) is 11.9 Å². The Bertz CT molecular complexity index is 1070. The van der Waals surface area contributed by atoms with Gasteiger partial charge in [-0.05, 0) is 40.9 Å². The summed E-state index contributed by atoms with van der Waals surface area (Å²) >= 11 is 0. The fraction of sp³-hybridized carbons (Fsp3) is 0.261. The summed E-state index contributed by atoms with van der Waals surface area (Å²) in [5, 5.41) is 1.35. The van der Waals surface area contributed by atoms with Gasteiger partial charge in [0.25, 0.3) is 0 Å². The normalized spacial score (nSPS) is 19.4. The van der Waals surface area contributed by atoms with Crippen LogP contribution in [0.2, 0.25) is 0 Å². The van der Waals surface area contributed by atoms with Crippen LogP contribution in [-0.4, -0.2) is 44.4 Å². The first kappa shape index (κ1) is 24.5. The van der Waals surface area contributed by atoms with Crippen LogP contribution in [0.15, 0.2) is 66.7 Å². The predicted molar refractivity (Wildman–Crippen MR) is 124 cm³/mol. The summed E-state index contributed by atoms with van der Waals surface area (Å²) in [6.45, 7) is 6.54. The van der Waals surface area contributed by atoms with E-state index in [9.17, 15) is 18.6 Å². The van der Waals surface area contributed by atoms with Gasteiger partial charge in [0.1, 0.15) is 34.2 Å². The maximum atomic E-state index is 12.5. The highest BCUT2D eigenvalue weighted by Crippen LogP contribution is 2.33. The van der Waals surface area contributed by atoms with Crippen molar-refractivity contribution in [3.63, 3.8) is 0 Å². The minimum atomic E-state index is -2.00. The van der Waals surface area contributed by atoms with Crippen molar-refractivity contribution in [2.45, 2.75) is 37.9 Å². The van der Waals surface area contributed by atoms with Crippen LogP contribution in [0.25, 0.3) is 0 Å². The topological polar surface area (TPSA) is 102 Å². The van der Waals surface area contributed by atoms with E-state index in [0.29, 0.717) is 5.57 Å². The molecule has 5 rings (SSSR count). The number of esters is 1. The molecule has 3 aliphatic heterocycles. The molecule has 8 nitrogen and oxygen atoms in total. The molecule has 33 heavy (non-hydrogen) atoms. The second kappa shape index (κ2) is 10.6. The van der Waals surface area contributed by atoms with Crippen LogP contribution in [0.4, 0.5) is 0 Å². The summed E-state index contributed by atoms with van der Waals surface area (Å²) in [5.41, 5.74) is 1.12. The molecule has 4 atom stereocenters. The second-order valence-electron chi connectivity index (χ2n) is 7.48. The number of rotatable bonds is 7. The molecule has 0 spiro atoms. The molecule has 0 radical (unpaired) electrons. The first-order valence-corrected chi connectivity index (χ1v) is 12.0. The molecule has 2 amide bonds. The van der Waals surface area contributed by atoms with Gasteiger partial charge in [-0.25, -0.2) is 9.00 Å². The molecule has 1 fully saturated rings. The molecule has 10 heteroatoms. The Morgan fingerprint density at radius 3 is 2.21 bits per heavy atom. The van der Waals surface area contributed by atoms with Crippen LogP contribution in [0.3, 0.4) is 0 Å². The molecule has 1 saturated heterocycles. The first-order valence-electron chi connectivity index (χ1n) is 9.99. The number of halogens is 1. The Morgan fingerprint density at radius 1 is 1.18 bits per heavy atom. The van der Waals surface area contributed by atoms with Gasteiger partial charge >= 0.3 is 5.97 Å². The number of amides is 2. The summed E-state index contributed by atoms with van der Waals surface area (Å²) in [7, 11) is 3.69. The highest BCUT2D eigenvalue weighted by molar-refractivity contribution is 8.08. The van der Waals surface area contributed by atoms with Crippen molar-refractivity contribution >= 4 is 38.5 Å². The number of nitrogens with zero attached hydrogens (tertiary/aromatic N) is 1. The minimum absolute atomic E-state index is 0.0231. The molecule has 0 aromatic heterocycles. The molecule has 3 heterocycles. The number of ether oxygens (including phenoxy) is 2. The zero-order valence-corrected chi connectivity index (χ0v) is 19.6. The number of hydrogen-bond acceptors (Lipinski definition) is 6. The number of nitrogens with one attached hydrogen (secondary N) is 1. The van der Waals surface area contributed by atoms with Gasteiger partial charge in [0, 0.05) is 13.0 Å².